The lowest BCUT2D eigenvalue weighted by atomic mass is 10.3. The van der Waals surface area contributed by atoms with Crippen molar-refractivity contribution in [2.45, 2.75) is 26.2 Å². The molecule has 0 radical (unpaired) electrons. The molecule has 0 aromatic heterocycles. The number of azide groups is 1. The Bertz CT molecular complexity index is 267. The highest BCUT2D eigenvalue weighted by molar-refractivity contribution is 7.60. The predicted octanol–water partition coefficient (Wildman–Crippen LogP) is 3.99. The van der Waals surface area contributed by atoms with Crippen LogP contribution in [0.25, 0.3) is 20.9 Å². The minimum atomic E-state index is -3.33. The molecule has 0 N–H and O–H groups in total. The van der Waals surface area contributed by atoms with Gasteiger partial charge < -0.3 is 4.57 Å². The van der Waals surface area contributed by atoms with Crippen molar-refractivity contribution in [2.75, 3.05) is 6.16 Å². The van der Waals surface area contributed by atoms with Crippen LogP contribution in [0.4, 0.5) is 0 Å². The molecule has 0 saturated heterocycles. The molecule has 0 aliphatic rings. The van der Waals surface area contributed by atoms with Gasteiger partial charge in [0, 0.05) is 16.0 Å². The van der Waals surface area contributed by atoms with Crippen molar-refractivity contribution in [3.05, 3.63) is 20.9 Å². The number of unbranched alkanes of at least 4 members (excludes halogenated alkanes) is 2. The third kappa shape index (κ3) is 5.15. The Labute approximate surface area is 75.9 Å². The Kier molecular flexibility index (Phi) is 5.81. The molecule has 0 aromatic rings. The molecular formula is C5H11N6OP. The number of hydrogen-bond acceptors (Lipinski definition) is 1. The van der Waals surface area contributed by atoms with Crippen LogP contribution in [-0.2, 0) is 4.57 Å². The number of hydrogen-bond donors (Lipinski definition) is 0. The van der Waals surface area contributed by atoms with Crippen LogP contribution in [0, 0.1) is 0 Å². The molecule has 0 aliphatic heterocycles. The summed E-state index contributed by atoms with van der Waals surface area (Å²) >= 11 is 0. The van der Waals surface area contributed by atoms with Crippen molar-refractivity contribution < 1.29 is 4.57 Å². The third-order valence-corrected chi connectivity index (χ3v) is 3.03. The molecule has 0 spiro atoms. The maximum Gasteiger partial charge on any atom is 0.258 e. The van der Waals surface area contributed by atoms with E-state index in [-0.39, 0.29) is 6.16 Å². The van der Waals surface area contributed by atoms with E-state index in [4.69, 9.17) is 11.1 Å². The minimum Gasteiger partial charge on any atom is -0.310 e. The summed E-state index contributed by atoms with van der Waals surface area (Å²) in [7, 11) is -3.33. The van der Waals surface area contributed by atoms with E-state index in [1.165, 1.54) is 0 Å². The molecule has 0 bridgehead atoms. The van der Waals surface area contributed by atoms with E-state index in [9.17, 15) is 4.57 Å². The van der Waals surface area contributed by atoms with Crippen LogP contribution in [0.3, 0.4) is 0 Å². The number of rotatable bonds is 6. The van der Waals surface area contributed by atoms with Gasteiger partial charge in [0.2, 0.25) is 0 Å². The standard InChI is InChI=1S/C5H11N6OP/c1-2-3-4-5-13(12,10-8-6)11-9-7/h2-5H2,1H3. The first-order valence-corrected chi connectivity index (χ1v) is 5.70. The molecule has 0 atom stereocenters. The molecule has 0 amide bonds. The Balaban J connectivity index is 4.34. The topological polar surface area (TPSA) is 115 Å². The van der Waals surface area contributed by atoms with Crippen LogP contribution in [-0.4, -0.2) is 6.16 Å². The highest BCUT2D eigenvalue weighted by atomic mass is 31.2. The quantitative estimate of drug-likeness (QED) is 0.209. The fourth-order valence-corrected chi connectivity index (χ4v) is 1.90. The highest BCUT2D eigenvalue weighted by Gasteiger charge is 2.16. The van der Waals surface area contributed by atoms with Crippen LogP contribution < -0.4 is 0 Å². The summed E-state index contributed by atoms with van der Waals surface area (Å²) in [5.41, 5.74) is 16.2. The average molecular weight is 202 g/mol. The average Bonchev–Trinajstić information content (AvgIpc) is 2.05. The van der Waals surface area contributed by atoms with Gasteiger partial charge in [0.05, 0.1) is 0 Å². The summed E-state index contributed by atoms with van der Waals surface area (Å²) in [6.07, 6.45) is 2.65. The molecule has 0 aliphatic carbocycles. The van der Waals surface area contributed by atoms with E-state index in [1.54, 1.807) is 0 Å². The van der Waals surface area contributed by atoms with Crippen LogP contribution in [0.2, 0.25) is 0 Å². The SMILES string of the molecule is CCCCCP(=O)(N=[N+]=[N-])N=[N+]=[N-]. The molecule has 13 heavy (non-hydrogen) atoms. The van der Waals surface area contributed by atoms with Gasteiger partial charge in [0.15, 0.2) is 0 Å². The molecule has 0 fully saturated rings. The van der Waals surface area contributed by atoms with Gasteiger partial charge in [-0.15, -0.1) is 0 Å². The Hall–Kier alpha value is -1.15. The zero-order valence-corrected chi connectivity index (χ0v) is 8.26. The second-order valence-corrected chi connectivity index (χ2v) is 4.59. The van der Waals surface area contributed by atoms with Gasteiger partial charge in [0.25, 0.3) is 7.44 Å². The lowest BCUT2D eigenvalue weighted by Gasteiger charge is -2.02. The Morgan fingerprint density at radius 2 is 1.77 bits per heavy atom. The van der Waals surface area contributed by atoms with Crippen molar-refractivity contribution in [2.24, 2.45) is 9.77 Å². The van der Waals surface area contributed by atoms with Crippen molar-refractivity contribution in [3.63, 3.8) is 0 Å². The van der Waals surface area contributed by atoms with Gasteiger partial charge in [-0.2, -0.15) is 0 Å². The van der Waals surface area contributed by atoms with Gasteiger partial charge in [0.1, 0.15) is 0 Å². The summed E-state index contributed by atoms with van der Waals surface area (Å²) in [5.74, 6) is 0. The normalized spacial score (nSPS) is 13.6. The zero-order valence-electron chi connectivity index (χ0n) is 7.37. The first kappa shape index (κ1) is 11.8. The molecule has 0 unspecified atom stereocenters. The molecule has 7 nitrogen and oxygen atoms in total. The molecule has 0 rings (SSSR count). The van der Waals surface area contributed by atoms with Crippen LogP contribution in [0.5, 0.6) is 0 Å². The van der Waals surface area contributed by atoms with Gasteiger partial charge >= 0.3 is 0 Å². The predicted molar refractivity (Wildman–Crippen MR) is 50.3 cm³/mol. The summed E-state index contributed by atoms with van der Waals surface area (Å²) in [6.45, 7) is 1.99. The van der Waals surface area contributed by atoms with Crippen molar-refractivity contribution in [1.29, 1.82) is 0 Å². The van der Waals surface area contributed by atoms with Crippen molar-refractivity contribution in [1.82, 2.24) is 0 Å². The summed E-state index contributed by atoms with van der Waals surface area (Å²) in [4.78, 5) is 10.9. The third-order valence-electron chi connectivity index (χ3n) is 1.41. The zero-order chi connectivity index (χ0) is 10.2. The van der Waals surface area contributed by atoms with Crippen molar-refractivity contribution >= 4 is 7.44 Å². The van der Waals surface area contributed by atoms with E-state index >= 15 is 0 Å². The summed E-state index contributed by atoms with van der Waals surface area (Å²) in [5, 5.41) is 0. The van der Waals surface area contributed by atoms with Crippen molar-refractivity contribution in [3.8, 4) is 0 Å². The molecule has 0 heterocycles. The second kappa shape index (κ2) is 6.38. The van der Waals surface area contributed by atoms with E-state index < -0.39 is 7.44 Å². The summed E-state index contributed by atoms with van der Waals surface area (Å²) in [6, 6.07) is 0. The molecule has 0 saturated carbocycles. The Morgan fingerprint density at radius 3 is 2.15 bits per heavy atom. The molecule has 8 heteroatoms. The minimum absolute atomic E-state index is 0.162. The van der Waals surface area contributed by atoms with E-state index in [0.29, 0.717) is 6.42 Å². The van der Waals surface area contributed by atoms with E-state index in [0.717, 1.165) is 12.8 Å². The molecule has 72 valence electrons. The smallest absolute Gasteiger partial charge is 0.258 e. The first-order valence-electron chi connectivity index (χ1n) is 3.91. The van der Waals surface area contributed by atoms with Crippen LogP contribution in [0.15, 0.2) is 9.77 Å². The second-order valence-electron chi connectivity index (χ2n) is 2.45. The molecular weight excluding hydrogens is 191 g/mol. The number of nitrogens with zero attached hydrogens (tertiary/aromatic N) is 6. The van der Waals surface area contributed by atoms with Gasteiger partial charge in [-0.05, 0) is 27.3 Å². The van der Waals surface area contributed by atoms with E-state index in [2.05, 4.69) is 19.6 Å². The highest BCUT2D eigenvalue weighted by Crippen LogP contribution is 2.50. The van der Waals surface area contributed by atoms with Crippen LogP contribution >= 0.6 is 7.44 Å². The van der Waals surface area contributed by atoms with Gasteiger partial charge in [-0.1, -0.05) is 19.8 Å². The fraction of sp³-hybridized carbons (Fsp3) is 1.00. The monoisotopic (exact) mass is 202 g/mol. The fourth-order valence-electron chi connectivity index (χ4n) is 0.800. The Morgan fingerprint density at radius 1 is 1.23 bits per heavy atom. The molecule has 0 aromatic carbocycles. The van der Waals surface area contributed by atoms with Gasteiger partial charge in [-0.3, -0.25) is 0 Å². The van der Waals surface area contributed by atoms with Crippen LogP contribution in [0.1, 0.15) is 26.2 Å². The lowest BCUT2D eigenvalue weighted by molar-refractivity contribution is 0.573. The maximum atomic E-state index is 11.4. The van der Waals surface area contributed by atoms with Gasteiger partial charge in [-0.25, -0.2) is 0 Å². The maximum absolute atomic E-state index is 11.4. The summed E-state index contributed by atoms with van der Waals surface area (Å²) < 4.78 is 11.4. The van der Waals surface area contributed by atoms with E-state index in [1.807, 2.05) is 6.92 Å². The lowest BCUT2D eigenvalue weighted by Crippen LogP contribution is -1.83. The largest absolute Gasteiger partial charge is 0.310 e. The first-order chi connectivity index (χ1) is 6.18.